The topological polar surface area (TPSA) is 66.6 Å². The van der Waals surface area contributed by atoms with Crippen LogP contribution in [0.4, 0.5) is 0 Å². The molecule has 13 heavy (non-hydrogen) atoms. The molecule has 1 heterocycles. The Balaban J connectivity index is 2.51. The van der Waals surface area contributed by atoms with Crippen molar-refractivity contribution < 1.29 is 9.90 Å². The summed E-state index contributed by atoms with van der Waals surface area (Å²) in [6.45, 7) is 3.07. The van der Waals surface area contributed by atoms with Crippen molar-refractivity contribution in [2.45, 2.75) is 31.9 Å². The minimum atomic E-state index is -0.403. The normalized spacial score (nSPS) is 27.1. The summed E-state index contributed by atoms with van der Waals surface area (Å²) in [4.78, 5) is 13.0. The van der Waals surface area contributed by atoms with Gasteiger partial charge in [-0.3, -0.25) is 9.69 Å². The number of nitrogens with two attached hydrogens (primary N) is 1. The second-order valence-electron chi connectivity index (χ2n) is 3.58. The van der Waals surface area contributed by atoms with Gasteiger partial charge in [-0.15, -0.1) is 0 Å². The number of carbonyl (C=O) groups excluding carboxylic acids is 1. The van der Waals surface area contributed by atoms with E-state index < -0.39 is 6.10 Å². The maximum Gasteiger partial charge on any atom is 0.234 e. The molecule has 1 saturated heterocycles. The van der Waals surface area contributed by atoms with Crippen LogP contribution in [-0.2, 0) is 4.79 Å². The molecule has 1 amide bonds. The molecule has 0 aromatic heterocycles. The van der Waals surface area contributed by atoms with Crippen molar-refractivity contribution in [2.75, 3.05) is 13.1 Å². The number of nitrogens with zero attached hydrogens (tertiary/aromatic N) is 1. The average Bonchev–Trinajstić information content (AvgIpc) is 2.03. The number of likely N-dealkylation sites (tertiary alicyclic amines) is 1. The number of aliphatic hydroxyl groups excluding tert-OH is 1. The van der Waals surface area contributed by atoms with E-state index in [4.69, 9.17) is 5.73 Å². The molecule has 4 nitrogen and oxygen atoms in total. The number of carbonyl (C=O) groups is 1. The first-order valence-corrected chi connectivity index (χ1v) is 4.64. The van der Waals surface area contributed by atoms with Gasteiger partial charge >= 0.3 is 0 Å². The summed E-state index contributed by atoms with van der Waals surface area (Å²) >= 11 is 0. The molecule has 0 aromatic rings. The summed E-state index contributed by atoms with van der Waals surface area (Å²) in [5, 5.41) is 9.20. The van der Waals surface area contributed by atoms with Gasteiger partial charge in [-0.2, -0.15) is 0 Å². The number of β-amino-alcohol motifs (C(OH)–C–C–N with tert-alkyl or cyclic N) is 1. The number of rotatable bonds is 3. The zero-order valence-electron chi connectivity index (χ0n) is 7.94. The van der Waals surface area contributed by atoms with E-state index in [1.54, 1.807) is 6.92 Å². The van der Waals surface area contributed by atoms with Crippen molar-refractivity contribution in [1.82, 2.24) is 4.90 Å². The zero-order chi connectivity index (χ0) is 9.84. The molecule has 0 aliphatic carbocycles. The third-order valence-electron chi connectivity index (χ3n) is 2.28. The number of piperidine rings is 1. The van der Waals surface area contributed by atoms with Crippen molar-refractivity contribution in [1.29, 1.82) is 0 Å². The quantitative estimate of drug-likeness (QED) is 0.624. The molecule has 1 unspecified atom stereocenters. The molecule has 1 aliphatic rings. The lowest BCUT2D eigenvalue weighted by molar-refractivity contribution is -0.124. The summed E-state index contributed by atoms with van der Waals surface area (Å²) in [5.74, 6) is -0.295. The molecule has 1 fully saturated rings. The van der Waals surface area contributed by atoms with Gasteiger partial charge in [0.25, 0.3) is 0 Å². The highest BCUT2D eigenvalue weighted by Crippen LogP contribution is 2.15. The summed E-state index contributed by atoms with van der Waals surface area (Å²) in [5.41, 5.74) is 5.25. The Morgan fingerprint density at radius 1 is 1.85 bits per heavy atom. The smallest absolute Gasteiger partial charge is 0.234 e. The van der Waals surface area contributed by atoms with Gasteiger partial charge in [0.1, 0.15) is 0 Å². The van der Waals surface area contributed by atoms with Gasteiger partial charge < -0.3 is 10.8 Å². The van der Waals surface area contributed by atoms with Crippen LogP contribution in [0.2, 0.25) is 0 Å². The van der Waals surface area contributed by atoms with Crippen LogP contribution in [0.25, 0.3) is 0 Å². The summed E-state index contributed by atoms with van der Waals surface area (Å²) in [6, 6.07) is -0.219. The van der Waals surface area contributed by atoms with Crippen molar-refractivity contribution in [3.05, 3.63) is 6.42 Å². The van der Waals surface area contributed by atoms with E-state index in [1.165, 1.54) is 0 Å². The molecule has 0 saturated carbocycles. The molecule has 1 radical (unpaired) electrons. The van der Waals surface area contributed by atoms with Crippen LogP contribution >= 0.6 is 0 Å². The highest BCUT2D eigenvalue weighted by atomic mass is 16.3. The largest absolute Gasteiger partial charge is 0.392 e. The van der Waals surface area contributed by atoms with Gasteiger partial charge in [0.15, 0.2) is 0 Å². The van der Waals surface area contributed by atoms with Gasteiger partial charge in [-0.05, 0) is 32.7 Å². The van der Waals surface area contributed by atoms with Crippen molar-refractivity contribution in [3.8, 4) is 0 Å². The van der Waals surface area contributed by atoms with Gasteiger partial charge in [0, 0.05) is 6.54 Å². The molecule has 0 bridgehead atoms. The molecule has 75 valence electrons. The fraction of sp³-hybridized carbons (Fsp3) is 0.778. The summed E-state index contributed by atoms with van der Waals surface area (Å²) < 4.78 is 0. The Hall–Kier alpha value is -0.610. The Kier molecular flexibility index (Phi) is 3.69. The minimum absolute atomic E-state index is 0.219. The molecular formula is C9H17N2O2. The summed E-state index contributed by atoms with van der Waals surface area (Å²) in [6.07, 6.45) is 3.35. The Labute approximate surface area is 78.7 Å². The molecule has 1 aliphatic heterocycles. The van der Waals surface area contributed by atoms with Crippen LogP contribution < -0.4 is 5.73 Å². The Morgan fingerprint density at radius 3 is 3.08 bits per heavy atom. The lowest BCUT2D eigenvalue weighted by atomic mass is 10.0. The first-order valence-electron chi connectivity index (χ1n) is 4.64. The molecule has 0 aromatic carbocycles. The van der Waals surface area contributed by atoms with Crippen LogP contribution in [0.3, 0.4) is 0 Å². The highest BCUT2D eigenvalue weighted by molar-refractivity contribution is 5.80. The van der Waals surface area contributed by atoms with Crippen LogP contribution in [0.1, 0.15) is 19.8 Å². The zero-order valence-corrected chi connectivity index (χ0v) is 7.94. The maximum absolute atomic E-state index is 11.0. The molecule has 2 atom stereocenters. The monoisotopic (exact) mass is 185 g/mol. The molecular weight excluding hydrogens is 168 g/mol. The standard InChI is InChI=1S/C9H17N2O2/c1-7(12)6-11-5-3-2-4-8(11)9(10)13/h2,7-8,12H,3-6H2,1H3,(H2,10,13)/t7-,8?/m1/s1. The lowest BCUT2D eigenvalue weighted by Crippen LogP contribution is -2.49. The maximum atomic E-state index is 11.0. The van der Waals surface area contributed by atoms with Gasteiger partial charge in [-0.25, -0.2) is 0 Å². The number of hydrogen-bond acceptors (Lipinski definition) is 3. The van der Waals surface area contributed by atoms with E-state index in [1.807, 2.05) is 4.90 Å². The molecule has 4 heteroatoms. The average molecular weight is 185 g/mol. The van der Waals surface area contributed by atoms with E-state index in [2.05, 4.69) is 6.42 Å². The first-order chi connectivity index (χ1) is 6.11. The van der Waals surface area contributed by atoms with Crippen molar-refractivity contribution in [3.63, 3.8) is 0 Å². The number of hydrogen-bond donors (Lipinski definition) is 2. The van der Waals surface area contributed by atoms with Crippen molar-refractivity contribution >= 4 is 5.91 Å². The molecule has 3 N–H and O–H groups in total. The minimum Gasteiger partial charge on any atom is -0.392 e. The van der Waals surface area contributed by atoms with E-state index in [0.717, 1.165) is 13.0 Å². The fourth-order valence-corrected chi connectivity index (χ4v) is 1.69. The fourth-order valence-electron chi connectivity index (χ4n) is 1.69. The van der Waals surface area contributed by atoms with Crippen LogP contribution in [-0.4, -0.2) is 41.1 Å². The second kappa shape index (κ2) is 4.58. The van der Waals surface area contributed by atoms with Gasteiger partial charge in [0.2, 0.25) is 5.91 Å². The Bertz CT molecular complexity index is 182. The van der Waals surface area contributed by atoms with Crippen LogP contribution in [0.15, 0.2) is 0 Å². The van der Waals surface area contributed by atoms with Crippen LogP contribution in [0, 0.1) is 6.42 Å². The van der Waals surface area contributed by atoms with Gasteiger partial charge in [-0.1, -0.05) is 0 Å². The second-order valence-corrected chi connectivity index (χ2v) is 3.58. The van der Waals surface area contributed by atoms with Crippen molar-refractivity contribution in [2.24, 2.45) is 5.73 Å². The molecule has 1 rings (SSSR count). The predicted molar refractivity (Wildman–Crippen MR) is 49.8 cm³/mol. The number of aliphatic hydroxyl groups is 1. The third-order valence-corrected chi connectivity index (χ3v) is 2.28. The third kappa shape index (κ3) is 2.97. The number of amides is 1. The summed E-state index contributed by atoms with van der Waals surface area (Å²) in [7, 11) is 0. The van der Waals surface area contributed by atoms with Gasteiger partial charge in [0.05, 0.1) is 12.1 Å². The van der Waals surface area contributed by atoms with E-state index in [0.29, 0.717) is 13.0 Å². The predicted octanol–water partition coefficient (Wildman–Crippen LogP) is -0.479. The highest BCUT2D eigenvalue weighted by Gasteiger charge is 2.27. The lowest BCUT2D eigenvalue weighted by Gasteiger charge is -2.34. The first kappa shape index (κ1) is 10.5. The number of primary amides is 1. The van der Waals surface area contributed by atoms with Crippen LogP contribution in [0.5, 0.6) is 0 Å². The van der Waals surface area contributed by atoms with E-state index in [-0.39, 0.29) is 11.9 Å². The van der Waals surface area contributed by atoms with E-state index in [9.17, 15) is 9.90 Å². The SMILES string of the molecule is C[C@@H](O)CN1CC[CH]CC1C(N)=O. The molecule has 0 spiro atoms. The van der Waals surface area contributed by atoms with E-state index >= 15 is 0 Å². The Morgan fingerprint density at radius 2 is 2.54 bits per heavy atom.